The number of unbranched alkanes of at least 4 members (excludes halogenated alkanes) is 2. The van der Waals surface area contributed by atoms with Crippen LogP contribution in [0.1, 0.15) is 29.8 Å². The SMILES string of the molecule is CN(CCCCCO)C(=O)c1cccc(Cl)n1. The molecule has 0 aliphatic heterocycles. The number of rotatable bonds is 6. The number of aliphatic hydroxyl groups is 1. The fraction of sp³-hybridized carbons (Fsp3) is 0.500. The van der Waals surface area contributed by atoms with Crippen molar-refractivity contribution in [2.24, 2.45) is 0 Å². The van der Waals surface area contributed by atoms with E-state index in [1.54, 1.807) is 30.1 Å². The molecule has 0 saturated heterocycles. The van der Waals surface area contributed by atoms with Crippen LogP contribution in [0.15, 0.2) is 18.2 Å². The topological polar surface area (TPSA) is 53.4 Å². The molecular formula is C12H17ClN2O2. The summed E-state index contributed by atoms with van der Waals surface area (Å²) in [6, 6.07) is 5.00. The van der Waals surface area contributed by atoms with Crippen LogP contribution in [0.5, 0.6) is 0 Å². The van der Waals surface area contributed by atoms with Crippen molar-refractivity contribution < 1.29 is 9.90 Å². The average Bonchev–Trinajstić information content (AvgIpc) is 2.33. The second kappa shape index (κ2) is 7.25. The standard InChI is InChI=1S/C12H17ClN2O2/c1-15(8-3-2-4-9-16)12(17)10-6-5-7-11(13)14-10/h5-7,16H,2-4,8-9H2,1H3. The van der Waals surface area contributed by atoms with Crippen molar-refractivity contribution in [1.29, 1.82) is 0 Å². The number of carbonyl (C=O) groups excluding carboxylic acids is 1. The predicted molar refractivity (Wildman–Crippen MR) is 67.1 cm³/mol. The highest BCUT2D eigenvalue weighted by Gasteiger charge is 2.12. The molecule has 0 aliphatic rings. The molecular weight excluding hydrogens is 240 g/mol. The minimum absolute atomic E-state index is 0.128. The van der Waals surface area contributed by atoms with Gasteiger partial charge in [-0.05, 0) is 31.4 Å². The highest BCUT2D eigenvalue weighted by Crippen LogP contribution is 2.08. The fourth-order valence-electron chi connectivity index (χ4n) is 1.46. The summed E-state index contributed by atoms with van der Waals surface area (Å²) in [4.78, 5) is 17.5. The maximum atomic E-state index is 11.9. The van der Waals surface area contributed by atoms with Gasteiger partial charge >= 0.3 is 0 Å². The molecule has 0 aromatic carbocycles. The van der Waals surface area contributed by atoms with Crippen LogP contribution in [0, 0.1) is 0 Å². The van der Waals surface area contributed by atoms with Crippen molar-refractivity contribution in [3.63, 3.8) is 0 Å². The summed E-state index contributed by atoms with van der Waals surface area (Å²) in [6.07, 6.45) is 2.57. The van der Waals surface area contributed by atoms with Crippen LogP contribution < -0.4 is 0 Å². The molecule has 0 fully saturated rings. The number of amides is 1. The first-order valence-corrected chi connectivity index (χ1v) is 6.02. The van der Waals surface area contributed by atoms with Gasteiger partial charge in [-0.15, -0.1) is 0 Å². The van der Waals surface area contributed by atoms with Gasteiger partial charge in [0.05, 0.1) is 0 Å². The van der Waals surface area contributed by atoms with Crippen LogP contribution in [0.2, 0.25) is 5.15 Å². The molecule has 0 spiro atoms. The van der Waals surface area contributed by atoms with E-state index in [1.165, 1.54) is 0 Å². The smallest absolute Gasteiger partial charge is 0.272 e. The van der Waals surface area contributed by atoms with Crippen LogP contribution in [-0.2, 0) is 0 Å². The highest BCUT2D eigenvalue weighted by molar-refractivity contribution is 6.29. The summed E-state index contributed by atoms with van der Waals surface area (Å²) in [5, 5.41) is 8.97. The third kappa shape index (κ3) is 4.71. The molecule has 1 aromatic heterocycles. The molecule has 0 atom stereocenters. The Morgan fingerprint density at radius 3 is 2.82 bits per heavy atom. The van der Waals surface area contributed by atoms with Gasteiger partial charge in [-0.2, -0.15) is 0 Å². The van der Waals surface area contributed by atoms with E-state index in [0.29, 0.717) is 17.4 Å². The Hall–Kier alpha value is -1.13. The molecule has 1 amide bonds. The third-order valence-electron chi connectivity index (χ3n) is 2.43. The van der Waals surface area contributed by atoms with Crippen LogP contribution in [-0.4, -0.2) is 41.1 Å². The molecule has 4 nitrogen and oxygen atoms in total. The number of aromatic nitrogens is 1. The van der Waals surface area contributed by atoms with Crippen LogP contribution in [0.3, 0.4) is 0 Å². The Labute approximate surface area is 106 Å². The zero-order valence-electron chi connectivity index (χ0n) is 9.90. The summed E-state index contributed by atoms with van der Waals surface area (Å²) in [6.45, 7) is 0.862. The van der Waals surface area contributed by atoms with E-state index in [4.69, 9.17) is 16.7 Å². The van der Waals surface area contributed by atoms with Crippen LogP contribution in [0.4, 0.5) is 0 Å². The zero-order chi connectivity index (χ0) is 12.7. The van der Waals surface area contributed by atoms with E-state index in [2.05, 4.69) is 4.98 Å². The minimum Gasteiger partial charge on any atom is -0.396 e. The van der Waals surface area contributed by atoms with Gasteiger partial charge in [0.25, 0.3) is 5.91 Å². The Balaban J connectivity index is 2.46. The first kappa shape index (κ1) is 13.9. The second-order valence-corrected chi connectivity index (χ2v) is 4.24. The summed E-state index contributed by atoms with van der Waals surface area (Å²) in [5.74, 6) is -0.128. The molecule has 17 heavy (non-hydrogen) atoms. The molecule has 0 bridgehead atoms. The highest BCUT2D eigenvalue weighted by atomic mass is 35.5. The lowest BCUT2D eigenvalue weighted by Gasteiger charge is -2.16. The van der Waals surface area contributed by atoms with Crippen molar-refractivity contribution in [2.45, 2.75) is 19.3 Å². The Morgan fingerprint density at radius 2 is 2.18 bits per heavy atom. The molecule has 0 unspecified atom stereocenters. The van der Waals surface area contributed by atoms with Gasteiger partial charge in [0.15, 0.2) is 0 Å². The molecule has 0 aliphatic carbocycles. The Bertz CT molecular complexity index is 371. The van der Waals surface area contributed by atoms with Crippen LogP contribution >= 0.6 is 11.6 Å². The normalized spacial score (nSPS) is 10.3. The maximum Gasteiger partial charge on any atom is 0.272 e. The molecule has 1 N–H and O–H groups in total. The number of aliphatic hydroxyl groups excluding tert-OH is 1. The molecule has 0 saturated carbocycles. The van der Waals surface area contributed by atoms with E-state index in [9.17, 15) is 4.79 Å². The number of hydrogen-bond acceptors (Lipinski definition) is 3. The van der Waals surface area contributed by atoms with Crippen molar-refractivity contribution in [3.05, 3.63) is 29.0 Å². The summed E-state index contributed by atoms with van der Waals surface area (Å²) in [5.41, 5.74) is 0.363. The average molecular weight is 257 g/mol. The van der Waals surface area contributed by atoms with Crippen LogP contribution in [0.25, 0.3) is 0 Å². The number of hydrogen-bond donors (Lipinski definition) is 1. The van der Waals surface area contributed by atoms with E-state index >= 15 is 0 Å². The van der Waals surface area contributed by atoms with E-state index in [0.717, 1.165) is 19.3 Å². The molecule has 1 rings (SSSR count). The van der Waals surface area contributed by atoms with Gasteiger partial charge in [-0.25, -0.2) is 4.98 Å². The van der Waals surface area contributed by atoms with Gasteiger partial charge in [0.2, 0.25) is 0 Å². The summed E-state index contributed by atoms with van der Waals surface area (Å²) >= 11 is 5.73. The minimum atomic E-state index is -0.128. The van der Waals surface area contributed by atoms with E-state index < -0.39 is 0 Å². The van der Waals surface area contributed by atoms with E-state index in [1.807, 2.05) is 0 Å². The lowest BCUT2D eigenvalue weighted by Crippen LogP contribution is -2.28. The fourth-order valence-corrected chi connectivity index (χ4v) is 1.63. The second-order valence-electron chi connectivity index (χ2n) is 3.86. The molecule has 94 valence electrons. The van der Waals surface area contributed by atoms with Crippen molar-refractivity contribution >= 4 is 17.5 Å². The van der Waals surface area contributed by atoms with Crippen molar-refractivity contribution in [2.75, 3.05) is 20.2 Å². The Morgan fingerprint density at radius 1 is 1.41 bits per heavy atom. The van der Waals surface area contributed by atoms with Gasteiger partial charge in [-0.1, -0.05) is 17.7 Å². The quantitative estimate of drug-likeness (QED) is 0.625. The summed E-state index contributed by atoms with van der Waals surface area (Å²) < 4.78 is 0. The molecule has 5 heteroatoms. The molecule has 1 aromatic rings. The van der Waals surface area contributed by atoms with Gasteiger partial charge in [0, 0.05) is 20.2 Å². The largest absolute Gasteiger partial charge is 0.396 e. The van der Waals surface area contributed by atoms with Gasteiger partial charge < -0.3 is 10.0 Å². The lowest BCUT2D eigenvalue weighted by molar-refractivity contribution is 0.0786. The number of nitrogens with zero attached hydrogens (tertiary/aromatic N) is 2. The van der Waals surface area contributed by atoms with Crippen molar-refractivity contribution in [3.8, 4) is 0 Å². The monoisotopic (exact) mass is 256 g/mol. The first-order valence-electron chi connectivity index (χ1n) is 5.64. The van der Waals surface area contributed by atoms with Gasteiger partial charge in [0.1, 0.15) is 10.8 Å². The number of carbonyl (C=O) groups is 1. The predicted octanol–water partition coefficient (Wildman–Crippen LogP) is 1.97. The molecule has 1 heterocycles. The number of pyridine rings is 1. The molecule has 0 radical (unpaired) electrons. The number of halogens is 1. The third-order valence-corrected chi connectivity index (χ3v) is 2.64. The summed E-state index contributed by atoms with van der Waals surface area (Å²) in [7, 11) is 1.74. The first-order chi connectivity index (χ1) is 8.15. The maximum absolute atomic E-state index is 11.9. The van der Waals surface area contributed by atoms with E-state index in [-0.39, 0.29) is 12.5 Å². The van der Waals surface area contributed by atoms with Gasteiger partial charge in [-0.3, -0.25) is 4.79 Å². The Kier molecular flexibility index (Phi) is 5.94. The lowest BCUT2D eigenvalue weighted by atomic mass is 10.2. The zero-order valence-corrected chi connectivity index (χ0v) is 10.7. The van der Waals surface area contributed by atoms with Crippen molar-refractivity contribution in [1.82, 2.24) is 9.88 Å².